The molecule has 0 aliphatic carbocycles. The number of carbonyl (C=O) groups is 1. The summed E-state index contributed by atoms with van der Waals surface area (Å²) in [6.07, 6.45) is 4.04. The Hall–Kier alpha value is -2.40. The summed E-state index contributed by atoms with van der Waals surface area (Å²) in [6, 6.07) is 7.78. The summed E-state index contributed by atoms with van der Waals surface area (Å²) >= 11 is 0. The van der Waals surface area contributed by atoms with E-state index in [0.717, 1.165) is 5.56 Å². The third-order valence-electron chi connectivity index (χ3n) is 3.30. The normalized spacial score (nSPS) is 12.8. The summed E-state index contributed by atoms with van der Waals surface area (Å²) in [5, 5.41) is 17.9. The Bertz CT molecular complexity index is 529. The average Bonchev–Trinajstić information content (AvgIpc) is 2.50. The van der Waals surface area contributed by atoms with Crippen LogP contribution in [0.5, 0.6) is 0 Å². The maximum atomic E-state index is 12.5. The largest absolute Gasteiger partial charge is 0.336 e. The highest BCUT2D eigenvalue weighted by Gasteiger charge is 2.35. The van der Waals surface area contributed by atoms with Crippen LogP contribution in [0.3, 0.4) is 0 Å². The fourth-order valence-electron chi connectivity index (χ4n) is 1.78. The van der Waals surface area contributed by atoms with Gasteiger partial charge in [0, 0.05) is 25.5 Å². The van der Waals surface area contributed by atoms with Crippen molar-refractivity contribution in [3.63, 3.8) is 0 Å². The van der Waals surface area contributed by atoms with Gasteiger partial charge in [-0.1, -0.05) is 13.0 Å². The van der Waals surface area contributed by atoms with E-state index in [1.807, 2.05) is 19.1 Å². The fourth-order valence-corrected chi connectivity index (χ4v) is 1.78. The molecule has 0 aromatic carbocycles. The van der Waals surface area contributed by atoms with E-state index < -0.39 is 5.41 Å². The molecule has 1 aromatic rings. The van der Waals surface area contributed by atoms with E-state index in [2.05, 4.69) is 11.1 Å². The lowest BCUT2D eigenvalue weighted by molar-refractivity contribution is -0.139. The van der Waals surface area contributed by atoms with Gasteiger partial charge in [0.05, 0.1) is 18.6 Å². The Morgan fingerprint density at radius 1 is 1.50 bits per heavy atom. The van der Waals surface area contributed by atoms with E-state index in [4.69, 9.17) is 5.26 Å². The second-order valence-electron chi connectivity index (χ2n) is 4.79. The molecule has 0 spiro atoms. The minimum atomic E-state index is -1.04. The molecular weight excluding hydrogens is 252 g/mol. The first-order valence-electron chi connectivity index (χ1n) is 6.54. The van der Waals surface area contributed by atoms with Gasteiger partial charge < -0.3 is 4.90 Å². The van der Waals surface area contributed by atoms with Crippen LogP contribution in [0.4, 0.5) is 0 Å². The number of aromatic nitrogens is 1. The summed E-state index contributed by atoms with van der Waals surface area (Å²) < 4.78 is 0. The first-order valence-corrected chi connectivity index (χ1v) is 6.54. The van der Waals surface area contributed by atoms with Crippen molar-refractivity contribution in [1.82, 2.24) is 9.88 Å². The summed E-state index contributed by atoms with van der Waals surface area (Å²) in [4.78, 5) is 18.1. The van der Waals surface area contributed by atoms with E-state index >= 15 is 0 Å². The molecule has 104 valence electrons. The van der Waals surface area contributed by atoms with Crippen molar-refractivity contribution in [2.45, 2.75) is 33.2 Å². The molecule has 0 saturated heterocycles. The highest BCUT2D eigenvalue weighted by Crippen LogP contribution is 2.24. The van der Waals surface area contributed by atoms with Gasteiger partial charge in [-0.05, 0) is 25.0 Å². The molecule has 1 rings (SSSR count). The zero-order valence-corrected chi connectivity index (χ0v) is 11.8. The molecule has 0 aliphatic heterocycles. The van der Waals surface area contributed by atoms with Crippen LogP contribution >= 0.6 is 0 Å². The average molecular weight is 270 g/mol. The standard InChI is InChI=1S/C15H18N4O/c1-3-15(2,12-17)14(20)19(9-5-7-16)11-13-6-4-8-18-10-13/h4,6,8,10H,3,5,9,11H2,1-2H3. The van der Waals surface area contributed by atoms with Gasteiger partial charge in [-0.3, -0.25) is 9.78 Å². The zero-order valence-electron chi connectivity index (χ0n) is 11.8. The van der Waals surface area contributed by atoms with Crippen LogP contribution in [0.15, 0.2) is 24.5 Å². The van der Waals surface area contributed by atoms with Crippen molar-refractivity contribution in [2.24, 2.45) is 5.41 Å². The Morgan fingerprint density at radius 2 is 2.25 bits per heavy atom. The van der Waals surface area contributed by atoms with Crippen molar-refractivity contribution < 1.29 is 4.79 Å². The lowest BCUT2D eigenvalue weighted by Crippen LogP contribution is -2.41. The SMILES string of the molecule is CCC(C)(C#N)C(=O)N(CCC#N)Cc1cccnc1. The maximum absolute atomic E-state index is 12.5. The van der Waals surface area contributed by atoms with Crippen molar-refractivity contribution in [1.29, 1.82) is 10.5 Å². The van der Waals surface area contributed by atoms with E-state index in [-0.39, 0.29) is 12.3 Å². The second kappa shape index (κ2) is 7.25. The molecule has 0 bridgehead atoms. The molecule has 1 amide bonds. The minimum Gasteiger partial charge on any atom is -0.336 e. The molecular formula is C15H18N4O. The van der Waals surface area contributed by atoms with Crippen molar-refractivity contribution in [2.75, 3.05) is 6.54 Å². The van der Waals surface area contributed by atoms with Crippen LogP contribution in [-0.4, -0.2) is 22.3 Å². The Balaban J connectivity index is 2.93. The molecule has 0 aliphatic rings. The third-order valence-corrected chi connectivity index (χ3v) is 3.30. The smallest absolute Gasteiger partial charge is 0.243 e. The number of hydrogen-bond donors (Lipinski definition) is 0. The number of nitrogens with zero attached hydrogens (tertiary/aromatic N) is 4. The van der Waals surface area contributed by atoms with Crippen LogP contribution in [0.1, 0.15) is 32.3 Å². The van der Waals surface area contributed by atoms with Crippen LogP contribution in [0, 0.1) is 28.1 Å². The number of pyridine rings is 1. The molecule has 0 saturated carbocycles. The predicted octanol–water partition coefficient (Wildman–Crippen LogP) is 2.26. The monoisotopic (exact) mass is 270 g/mol. The van der Waals surface area contributed by atoms with Gasteiger partial charge in [-0.25, -0.2) is 0 Å². The van der Waals surface area contributed by atoms with E-state index in [0.29, 0.717) is 19.5 Å². The van der Waals surface area contributed by atoms with Crippen LogP contribution in [-0.2, 0) is 11.3 Å². The second-order valence-corrected chi connectivity index (χ2v) is 4.79. The molecule has 0 radical (unpaired) electrons. The number of amides is 1. The molecule has 1 aromatic heterocycles. The lowest BCUT2D eigenvalue weighted by atomic mass is 9.87. The van der Waals surface area contributed by atoms with Gasteiger partial charge in [0.2, 0.25) is 5.91 Å². The van der Waals surface area contributed by atoms with Crippen molar-refractivity contribution >= 4 is 5.91 Å². The summed E-state index contributed by atoms with van der Waals surface area (Å²) in [6.45, 7) is 4.14. The number of hydrogen-bond acceptors (Lipinski definition) is 4. The molecule has 1 unspecified atom stereocenters. The van der Waals surface area contributed by atoms with Gasteiger partial charge in [0.15, 0.2) is 0 Å². The molecule has 0 fully saturated rings. The van der Waals surface area contributed by atoms with Crippen molar-refractivity contribution in [3.8, 4) is 12.1 Å². The quantitative estimate of drug-likeness (QED) is 0.794. The minimum absolute atomic E-state index is 0.235. The molecule has 0 N–H and O–H groups in total. The maximum Gasteiger partial charge on any atom is 0.243 e. The van der Waals surface area contributed by atoms with E-state index in [1.54, 1.807) is 30.3 Å². The van der Waals surface area contributed by atoms with Gasteiger partial charge >= 0.3 is 0 Å². The predicted molar refractivity (Wildman–Crippen MR) is 73.9 cm³/mol. The molecule has 5 nitrogen and oxygen atoms in total. The Labute approximate surface area is 119 Å². The highest BCUT2D eigenvalue weighted by atomic mass is 16.2. The molecule has 1 atom stereocenters. The number of carbonyl (C=O) groups excluding carboxylic acids is 1. The first kappa shape index (κ1) is 15.7. The molecule has 1 heterocycles. The van der Waals surface area contributed by atoms with Crippen LogP contribution in [0.25, 0.3) is 0 Å². The highest BCUT2D eigenvalue weighted by molar-refractivity contribution is 5.85. The topological polar surface area (TPSA) is 80.8 Å². The van der Waals surface area contributed by atoms with Crippen LogP contribution < -0.4 is 0 Å². The zero-order chi connectivity index (χ0) is 15.0. The summed E-state index contributed by atoms with van der Waals surface area (Å²) in [5.74, 6) is -0.235. The lowest BCUT2D eigenvalue weighted by Gasteiger charge is -2.29. The van der Waals surface area contributed by atoms with Crippen molar-refractivity contribution in [3.05, 3.63) is 30.1 Å². The number of rotatable bonds is 6. The van der Waals surface area contributed by atoms with Gasteiger partial charge in [-0.15, -0.1) is 0 Å². The third kappa shape index (κ3) is 3.80. The van der Waals surface area contributed by atoms with E-state index in [9.17, 15) is 10.1 Å². The van der Waals surface area contributed by atoms with E-state index in [1.165, 1.54) is 0 Å². The van der Waals surface area contributed by atoms with Gasteiger partial charge in [0.1, 0.15) is 5.41 Å². The first-order chi connectivity index (χ1) is 9.57. The van der Waals surface area contributed by atoms with Crippen LogP contribution in [0.2, 0.25) is 0 Å². The fraction of sp³-hybridized carbons (Fsp3) is 0.467. The molecule has 20 heavy (non-hydrogen) atoms. The molecule has 5 heteroatoms. The Kier molecular flexibility index (Phi) is 5.68. The summed E-state index contributed by atoms with van der Waals surface area (Å²) in [7, 11) is 0. The Morgan fingerprint density at radius 3 is 2.75 bits per heavy atom. The summed E-state index contributed by atoms with van der Waals surface area (Å²) in [5.41, 5.74) is -0.160. The van der Waals surface area contributed by atoms with Gasteiger partial charge in [0.25, 0.3) is 0 Å². The van der Waals surface area contributed by atoms with Gasteiger partial charge in [-0.2, -0.15) is 10.5 Å². The number of nitriles is 2.